The number of aromatic nitrogens is 1. The first kappa shape index (κ1) is 21.9. The molecule has 0 aromatic carbocycles. The number of carbonyl (C=O) groups excluding carboxylic acids is 1. The average Bonchev–Trinajstić information content (AvgIpc) is 2.72. The summed E-state index contributed by atoms with van der Waals surface area (Å²) >= 11 is 1.70. The molecule has 1 aliphatic carbocycles. The molecule has 0 bridgehead atoms. The van der Waals surface area contributed by atoms with Crippen LogP contribution in [0.3, 0.4) is 0 Å². The van der Waals surface area contributed by atoms with Crippen LogP contribution in [-0.4, -0.2) is 46.9 Å². The molecule has 0 unspecified atom stereocenters. The van der Waals surface area contributed by atoms with E-state index in [2.05, 4.69) is 17.1 Å². The number of rotatable bonds is 8. The summed E-state index contributed by atoms with van der Waals surface area (Å²) in [6.07, 6.45) is 8.76. The third-order valence-electron chi connectivity index (χ3n) is 5.77. The molecule has 1 saturated carbocycles. The van der Waals surface area contributed by atoms with Crippen LogP contribution in [0.1, 0.15) is 75.1 Å². The van der Waals surface area contributed by atoms with Gasteiger partial charge in [-0.3, -0.25) is 9.59 Å². The van der Waals surface area contributed by atoms with Crippen molar-refractivity contribution in [2.24, 2.45) is 5.92 Å². The summed E-state index contributed by atoms with van der Waals surface area (Å²) < 4.78 is 0. The third kappa shape index (κ3) is 6.36. The van der Waals surface area contributed by atoms with Gasteiger partial charge in [0, 0.05) is 25.6 Å². The highest BCUT2D eigenvalue weighted by atomic mass is 32.2. The number of hydrogen-bond donors (Lipinski definition) is 2. The molecular formula is C22H33N3O3S. The van der Waals surface area contributed by atoms with Crippen LogP contribution in [0.5, 0.6) is 0 Å². The van der Waals surface area contributed by atoms with Crippen molar-refractivity contribution in [2.45, 2.75) is 75.8 Å². The number of nitrogens with zero attached hydrogens (tertiary/aromatic N) is 2. The summed E-state index contributed by atoms with van der Waals surface area (Å²) in [4.78, 5) is 31.2. The van der Waals surface area contributed by atoms with Gasteiger partial charge in [0.2, 0.25) is 0 Å². The smallest absolute Gasteiger partial charge is 0.303 e. The van der Waals surface area contributed by atoms with E-state index in [9.17, 15) is 14.7 Å². The highest BCUT2D eigenvalue weighted by Crippen LogP contribution is 2.29. The average molecular weight is 420 g/mol. The highest BCUT2D eigenvalue weighted by Gasteiger charge is 2.27. The van der Waals surface area contributed by atoms with Gasteiger partial charge < -0.3 is 15.3 Å². The van der Waals surface area contributed by atoms with Gasteiger partial charge in [0.1, 0.15) is 5.82 Å². The van der Waals surface area contributed by atoms with Gasteiger partial charge in [-0.2, -0.15) is 0 Å². The fourth-order valence-corrected chi connectivity index (χ4v) is 5.05. The summed E-state index contributed by atoms with van der Waals surface area (Å²) in [5.41, 5.74) is 0.618. The van der Waals surface area contributed by atoms with E-state index in [4.69, 9.17) is 4.98 Å². The summed E-state index contributed by atoms with van der Waals surface area (Å²) in [5, 5.41) is 13.3. The first-order chi connectivity index (χ1) is 14.1. The van der Waals surface area contributed by atoms with Crippen LogP contribution in [0.2, 0.25) is 0 Å². The Hall–Kier alpha value is -1.76. The Labute approximate surface area is 177 Å². The number of amides is 1. The van der Waals surface area contributed by atoms with Crippen LogP contribution in [0.15, 0.2) is 17.2 Å². The quantitative estimate of drug-likeness (QED) is 0.610. The van der Waals surface area contributed by atoms with Gasteiger partial charge in [-0.1, -0.05) is 26.2 Å². The van der Waals surface area contributed by atoms with E-state index in [1.165, 1.54) is 19.3 Å². The van der Waals surface area contributed by atoms with E-state index in [1.807, 2.05) is 12.1 Å². The maximum atomic E-state index is 13.1. The predicted octanol–water partition coefficient (Wildman–Crippen LogP) is 4.34. The van der Waals surface area contributed by atoms with Crippen LogP contribution in [-0.2, 0) is 4.79 Å². The van der Waals surface area contributed by atoms with Crippen molar-refractivity contribution in [3.63, 3.8) is 0 Å². The molecule has 2 aliphatic rings. The minimum absolute atomic E-state index is 0.0493. The molecule has 2 fully saturated rings. The molecule has 2 heterocycles. The maximum absolute atomic E-state index is 13.1. The van der Waals surface area contributed by atoms with Crippen molar-refractivity contribution in [1.29, 1.82) is 0 Å². The Morgan fingerprint density at radius 1 is 1.21 bits per heavy atom. The largest absolute Gasteiger partial charge is 0.481 e. The van der Waals surface area contributed by atoms with E-state index in [0.717, 1.165) is 55.2 Å². The number of nitrogens with one attached hydrogen (secondary N) is 1. The van der Waals surface area contributed by atoms with Gasteiger partial charge >= 0.3 is 5.97 Å². The topological polar surface area (TPSA) is 82.5 Å². The Morgan fingerprint density at radius 2 is 2.00 bits per heavy atom. The highest BCUT2D eigenvalue weighted by molar-refractivity contribution is 7.99. The van der Waals surface area contributed by atoms with Gasteiger partial charge in [0.25, 0.3) is 5.91 Å². The van der Waals surface area contributed by atoms with E-state index in [1.54, 1.807) is 11.8 Å². The third-order valence-corrected chi connectivity index (χ3v) is 6.91. The minimum Gasteiger partial charge on any atom is -0.481 e. The number of hydrogen-bond acceptors (Lipinski definition) is 5. The Kier molecular flexibility index (Phi) is 8.21. The SMILES string of the molecule is CCCSc1ccc(C(=O)NC2CCCCC2)c(N2CCC[C@@H](CC(=O)O)C2)n1. The molecule has 1 saturated heterocycles. The normalized spacial score (nSPS) is 20.4. The lowest BCUT2D eigenvalue weighted by molar-refractivity contribution is -0.138. The molecule has 0 spiro atoms. The zero-order valence-corrected chi connectivity index (χ0v) is 18.2. The lowest BCUT2D eigenvalue weighted by Gasteiger charge is -2.34. The molecule has 6 nitrogen and oxygen atoms in total. The van der Waals surface area contributed by atoms with Gasteiger partial charge in [0.15, 0.2) is 0 Å². The van der Waals surface area contributed by atoms with Gasteiger partial charge in [-0.15, -0.1) is 11.8 Å². The standard InChI is InChI=1S/C22H33N3O3S/c1-2-13-29-19-11-10-18(22(28)23-17-8-4-3-5-9-17)21(24-19)25-12-6-7-16(15-25)14-20(26)27/h10-11,16-17H,2-9,12-15H2,1H3,(H,23,28)(H,26,27)/t16-/m0/s1. The lowest BCUT2D eigenvalue weighted by atomic mass is 9.94. The number of piperidine rings is 1. The number of thioether (sulfide) groups is 1. The van der Waals surface area contributed by atoms with Crippen LogP contribution < -0.4 is 10.2 Å². The Bertz CT molecular complexity index is 707. The van der Waals surface area contributed by atoms with Crippen molar-refractivity contribution in [1.82, 2.24) is 10.3 Å². The van der Waals surface area contributed by atoms with Gasteiger partial charge in [-0.25, -0.2) is 4.98 Å². The van der Waals surface area contributed by atoms with Crippen LogP contribution >= 0.6 is 11.8 Å². The van der Waals surface area contributed by atoms with Gasteiger partial charge in [0.05, 0.1) is 10.6 Å². The predicted molar refractivity (Wildman–Crippen MR) is 117 cm³/mol. The molecule has 1 aliphatic heterocycles. The summed E-state index contributed by atoms with van der Waals surface area (Å²) in [6.45, 7) is 3.60. The fourth-order valence-electron chi connectivity index (χ4n) is 4.32. The molecule has 29 heavy (non-hydrogen) atoms. The van der Waals surface area contributed by atoms with Crippen molar-refractivity contribution in [2.75, 3.05) is 23.7 Å². The Balaban J connectivity index is 1.80. The molecule has 0 radical (unpaired) electrons. The van der Waals surface area contributed by atoms with Gasteiger partial charge in [-0.05, 0) is 55.9 Å². The summed E-state index contributed by atoms with van der Waals surface area (Å²) in [7, 11) is 0. The van der Waals surface area contributed by atoms with Crippen LogP contribution in [0, 0.1) is 5.92 Å². The molecule has 1 aromatic heterocycles. The molecule has 1 amide bonds. The van der Waals surface area contributed by atoms with Crippen molar-refractivity contribution >= 4 is 29.5 Å². The number of pyridine rings is 1. The molecule has 1 atom stereocenters. The van der Waals surface area contributed by atoms with E-state index < -0.39 is 5.97 Å². The number of anilines is 1. The molecule has 160 valence electrons. The monoisotopic (exact) mass is 419 g/mol. The first-order valence-corrected chi connectivity index (χ1v) is 12.0. The number of carboxylic acids is 1. The van der Waals surface area contributed by atoms with E-state index in [-0.39, 0.29) is 24.3 Å². The van der Waals surface area contributed by atoms with Crippen LogP contribution in [0.4, 0.5) is 5.82 Å². The molecule has 3 rings (SSSR count). The fraction of sp³-hybridized carbons (Fsp3) is 0.682. The maximum Gasteiger partial charge on any atom is 0.303 e. The second-order valence-electron chi connectivity index (χ2n) is 8.23. The summed E-state index contributed by atoms with van der Waals surface area (Å²) in [6, 6.07) is 4.09. The minimum atomic E-state index is -0.757. The Morgan fingerprint density at radius 3 is 2.72 bits per heavy atom. The second-order valence-corrected chi connectivity index (χ2v) is 9.34. The number of aliphatic carboxylic acids is 1. The summed E-state index contributed by atoms with van der Waals surface area (Å²) in [5.74, 6) is 1.000. The molecule has 1 aromatic rings. The zero-order chi connectivity index (χ0) is 20.6. The second kappa shape index (κ2) is 10.9. The first-order valence-electron chi connectivity index (χ1n) is 11.0. The number of carboxylic acid groups (broad SMARTS) is 1. The van der Waals surface area contributed by atoms with E-state index >= 15 is 0 Å². The molecule has 7 heteroatoms. The lowest BCUT2D eigenvalue weighted by Crippen LogP contribution is -2.40. The van der Waals surface area contributed by atoms with Crippen molar-refractivity contribution in [3.8, 4) is 0 Å². The van der Waals surface area contributed by atoms with Crippen molar-refractivity contribution in [3.05, 3.63) is 17.7 Å². The zero-order valence-electron chi connectivity index (χ0n) is 17.4. The molecular weight excluding hydrogens is 386 g/mol. The molecule has 2 N–H and O–H groups in total. The van der Waals surface area contributed by atoms with E-state index in [0.29, 0.717) is 12.1 Å². The van der Waals surface area contributed by atoms with Crippen molar-refractivity contribution < 1.29 is 14.7 Å². The number of carbonyl (C=O) groups is 2. The van der Waals surface area contributed by atoms with Crippen LogP contribution in [0.25, 0.3) is 0 Å².